The highest BCUT2D eigenvalue weighted by Crippen LogP contribution is 2.05. The molecule has 1 unspecified atom stereocenters. The second-order valence-electron chi connectivity index (χ2n) is 3.18. The van der Waals surface area contributed by atoms with E-state index in [0.29, 0.717) is 6.04 Å². The van der Waals surface area contributed by atoms with E-state index >= 15 is 0 Å². The predicted octanol–water partition coefficient (Wildman–Crippen LogP) is 3.12. The predicted molar refractivity (Wildman–Crippen MR) is 54.3 cm³/mol. The summed E-state index contributed by atoms with van der Waals surface area (Å²) in [6.07, 6.45) is 8.00. The van der Waals surface area contributed by atoms with Crippen molar-refractivity contribution in [3.05, 3.63) is 0 Å². The van der Waals surface area contributed by atoms with Gasteiger partial charge in [-0.25, -0.2) is 0 Å². The fourth-order valence-electron chi connectivity index (χ4n) is 1.07. The Morgan fingerprint density at radius 3 is 2.09 bits per heavy atom. The molecule has 0 fully saturated rings. The van der Waals surface area contributed by atoms with Gasteiger partial charge in [0, 0.05) is 6.04 Å². The van der Waals surface area contributed by atoms with Crippen LogP contribution < -0.4 is 5.73 Å². The minimum absolute atomic E-state index is 0. The van der Waals surface area contributed by atoms with Crippen LogP contribution in [0.3, 0.4) is 0 Å². The van der Waals surface area contributed by atoms with Gasteiger partial charge in [0.15, 0.2) is 0 Å². The average molecular weight is 180 g/mol. The van der Waals surface area contributed by atoms with Crippen LogP contribution in [0, 0.1) is 0 Å². The van der Waals surface area contributed by atoms with Crippen LogP contribution in [0.15, 0.2) is 0 Å². The molecule has 11 heavy (non-hydrogen) atoms. The van der Waals surface area contributed by atoms with Gasteiger partial charge in [0.25, 0.3) is 0 Å². The first kappa shape index (κ1) is 13.8. The third kappa shape index (κ3) is 13.3. The van der Waals surface area contributed by atoms with E-state index in [4.69, 9.17) is 5.73 Å². The van der Waals surface area contributed by atoms with Gasteiger partial charge in [-0.15, -0.1) is 12.4 Å². The van der Waals surface area contributed by atoms with Crippen molar-refractivity contribution in [2.24, 2.45) is 5.73 Å². The van der Waals surface area contributed by atoms with Gasteiger partial charge in [-0.3, -0.25) is 0 Å². The number of nitrogens with two attached hydrogens (primary N) is 1. The number of hydrogen-bond donors (Lipinski definition) is 1. The normalized spacial score (nSPS) is 12.3. The Balaban J connectivity index is 0. The monoisotopic (exact) mass is 179 g/mol. The van der Waals surface area contributed by atoms with E-state index in [1.54, 1.807) is 0 Å². The average Bonchev–Trinajstić information content (AvgIpc) is 1.87. The molecule has 0 aliphatic carbocycles. The molecule has 0 amide bonds. The Hall–Kier alpha value is 0.250. The van der Waals surface area contributed by atoms with Gasteiger partial charge in [-0.2, -0.15) is 0 Å². The second-order valence-corrected chi connectivity index (χ2v) is 3.18. The molecule has 0 aromatic heterocycles. The van der Waals surface area contributed by atoms with Crippen molar-refractivity contribution < 1.29 is 0 Å². The highest BCUT2D eigenvalue weighted by atomic mass is 35.5. The smallest absolute Gasteiger partial charge is 0.00104 e. The Morgan fingerprint density at radius 1 is 1.09 bits per heavy atom. The lowest BCUT2D eigenvalue weighted by molar-refractivity contribution is 0.563. The molecule has 0 aromatic rings. The molecule has 0 radical (unpaired) electrons. The molecule has 0 saturated heterocycles. The quantitative estimate of drug-likeness (QED) is 0.624. The van der Waals surface area contributed by atoms with Crippen LogP contribution in [0.5, 0.6) is 0 Å². The summed E-state index contributed by atoms with van der Waals surface area (Å²) in [7, 11) is 0. The molecule has 0 heterocycles. The molecule has 0 saturated carbocycles. The molecule has 1 nitrogen and oxygen atoms in total. The number of unbranched alkanes of at least 4 members (excludes halogenated alkanes) is 4. The Labute approximate surface area is 77.2 Å². The number of halogens is 1. The lowest BCUT2D eigenvalue weighted by Gasteiger charge is -2.02. The summed E-state index contributed by atoms with van der Waals surface area (Å²) in [6.45, 7) is 4.32. The molecular weight excluding hydrogens is 158 g/mol. The van der Waals surface area contributed by atoms with Crippen LogP contribution in [0.25, 0.3) is 0 Å². The van der Waals surface area contributed by atoms with Gasteiger partial charge in [0.2, 0.25) is 0 Å². The van der Waals surface area contributed by atoms with Crippen molar-refractivity contribution in [3.63, 3.8) is 0 Å². The lowest BCUT2D eigenvalue weighted by atomic mass is 10.1. The minimum Gasteiger partial charge on any atom is -0.328 e. The first-order chi connectivity index (χ1) is 4.77. The first-order valence-corrected chi connectivity index (χ1v) is 4.53. The van der Waals surface area contributed by atoms with Crippen molar-refractivity contribution in [1.29, 1.82) is 0 Å². The van der Waals surface area contributed by atoms with Gasteiger partial charge in [0.1, 0.15) is 0 Å². The van der Waals surface area contributed by atoms with E-state index in [-0.39, 0.29) is 12.4 Å². The summed E-state index contributed by atoms with van der Waals surface area (Å²) < 4.78 is 0. The van der Waals surface area contributed by atoms with Crippen LogP contribution in [0.2, 0.25) is 0 Å². The molecule has 0 aliphatic rings. The molecule has 2 heteroatoms. The first-order valence-electron chi connectivity index (χ1n) is 4.53. The summed E-state index contributed by atoms with van der Waals surface area (Å²) in [6, 6.07) is 0.404. The molecular formula is C9H22ClN. The van der Waals surface area contributed by atoms with Gasteiger partial charge in [0.05, 0.1) is 0 Å². The van der Waals surface area contributed by atoms with Crippen LogP contribution in [0.1, 0.15) is 52.4 Å². The van der Waals surface area contributed by atoms with E-state index in [1.807, 2.05) is 0 Å². The maximum atomic E-state index is 5.61. The third-order valence-electron chi connectivity index (χ3n) is 1.76. The van der Waals surface area contributed by atoms with Gasteiger partial charge in [-0.05, 0) is 13.3 Å². The van der Waals surface area contributed by atoms with E-state index < -0.39 is 0 Å². The zero-order chi connectivity index (χ0) is 7.82. The molecule has 0 rings (SSSR count). The largest absolute Gasteiger partial charge is 0.328 e. The van der Waals surface area contributed by atoms with Crippen molar-refractivity contribution in [1.82, 2.24) is 0 Å². The molecule has 0 bridgehead atoms. The topological polar surface area (TPSA) is 26.0 Å². The van der Waals surface area contributed by atoms with Crippen LogP contribution in [0.4, 0.5) is 0 Å². The number of rotatable bonds is 6. The summed E-state index contributed by atoms with van der Waals surface area (Å²) in [4.78, 5) is 0. The molecule has 70 valence electrons. The fraction of sp³-hybridized carbons (Fsp3) is 1.00. The minimum atomic E-state index is 0. The lowest BCUT2D eigenvalue weighted by Crippen LogP contribution is -2.13. The zero-order valence-corrected chi connectivity index (χ0v) is 8.62. The van der Waals surface area contributed by atoms with Crippen molar-refractivity contribution in [3.8, 4) is 0 Å². The molecule has 0 aromatic carbocycles. The van der Waals surface area contributed by atoms with E-state index in [2.05, 4.69) is 13.8 Å². The molecule has 0 aliphatic heterocycles. The van der Waals surface area contributed by atoms with Gasteiger partial charge >= 0.3 is 0 Å². The van der Waals surface area contributed by atoms with Crippen LogP contribution in [-0.2, 0) is 0 Å². The highest BCUT2D eigenvalue weighted by Gasteiger charge is 1.92. The van der Waals surface area contributed by atoms with Gasteiger partial charge in [-0.1, -0.05) is 39.0 Å². The zero-order valence-electron chi connectivity index (χ0n) is 7.81. The summed E-state index contributed by atoms with van der Waals surface area (Å²) >= 11 is 0. The van der Waals surface area contributed by atoms with Crippen molar-refractivity contribution in [2.45, 2.75) is 58.4 Å². The van der Waals surface area contributed by atoms with Crippen molar-refractivity contribution >= 4 is 12.4 Å². The summed E-state index contributed by atoms with van der Waals surface area (Å²) in [5.41, 5.74) is 5.61. The third-order valence-corrected chi connectivity index (χ3v) is 1.76. The highest BCUT2D eigenvalue weighted by molar-refractivity contribution is 5.85. The Morgan fingerprint density at radius 2 is 1.64 bits per heavy atom. The van der Waals surface area contributed by atoms with Crippen LogP contribution >= 0.6 is 12.4 Å². The second kappa shape index (κ2) is 10.2. The Kier molecular flexibility index (Phi) is 12.9. The van der Waals surface area contributed by atoms with E-state index in [1.165, 1.54) is 38.5 Å². The summed E-state index contributed by atoms with van der Waals surface area (Å²) in [5.74, 6) is 0. The standard InChI is InChI=1S/C9H21N.ClH/c1-3-4-5-6-7-8-9(2)10;/h9H,3-8,10H2,1-2H3;1H. The van der Waals surface area contributed by atoms with E-state index in [9.17, 15) is 0 Å². The SMILES string of the molecule is CCCCCCCC(C)N.Cl. The molecule has 2 N–H and O–H groups in total. The molecule has 0 spiro atoms. The maximum Gasteiger partial charge on any atom is 0.00104 e. The van der Waals surface area contributed by atoms with Crippen molar-refractivity contribution in [2.75, 3.05) is 0 Å². The Bertz CT molecular complexity index is 64.6. The molecule has 1 atom stereocenters. The maximum absolute atomic E-state index is 5.61. The van der Waals surface area contributed by atoms with E-state index in [0.717, 1.165) is 0 Å². The van der Waals surface area contributed by atoms with Gasteiger partial charge < -0.3 is 5.73 Å². The van der Waals surface area contributed by atoms with Crippen LogP contribution in [-0.4, -0.2) is 6.04 Å². The fourth-order valence-corrected chi connectivity index (χ4v) is 1.07. The number of hydrogen-bond acceptors (Lipinski definition) is 1. The summed E-state index contributed by atoms with van der Waals surface area (Å²) in [5, 5.41) is 0.